The molecule has 0 fully saturated rings. The fraction of sp³-hybridized carbons (Fsp3) is 0.583. The summed E-state index contributed by atoms with van der Waals surface area (Å²) < 4.78 is 1.52. The van der Waals surface area contributed by atoms with Gasteiger partial charge in [-0.1, -0.05) is 0 Å². The standard InChI is InChI=1S/C12H16N4O5/c1-14-11(18)10-8-5-15(12(19)20)3-2-9(8)13-16(10)4-7(6-17)21-14/h7,17H,2-6H2,1H3,(H,19,20). The molecule has 3 rings (SSSR count). The molecule has 0 radical (unpaired) electrons. The molecule has 2 amide bonds. The Hall–Kier alpha value is -2.13. The molecule has 1 aromatic heterocycles. The van der Waals surface area contributed by atoms with Crippen LogP contribution in [-0.2, 0) is 24.3 Å². The van der Waals surface area contributed by atoms with Gasteiger partial charge in [-0.3, -0.25) is 14.3 Å². The highest BCUT2D eigenvalue weighted by Crippen LogP contribution is 2.25. The maximum absolute atomic E-state index is 12.4. The van der Waals surface area contributed by atoms with Crippen molar-refractivity contribution in [2.45, 2.75) is 25.6 Å². The van der Waals surface area contributed by atoms with Gasteiger partial charge in [0.15, 0.2) is 0 Å². The number of carbonyl (C=O) groups is 2. The molecular weight excluding hydrogens is 280 g/mol. The van der Waals surface area contributed by atoms with Gasteiger partial charge in [0.05, 0.1) is 25.4 Å². The van der Waals surface area contributed by atoms with Crippen LogP contribution in [0.3, 0.4) is 0 Å². The first-order valence-electron chi connectivity index (χ1n) is 6.63. The molecule has 1 unspecified atom stereocenters. The van der Waals surface area contributed by atoms with Crippen molar-refractivity contribution in [3.8, 4) is 0 Å². The lowest BCUT2D eigenvalue weighted by Crippen LogP contribution is -2.36. The van der Waals surface area contributed by atoms with Crippen LogP contribution in [0, 0.1) is 0 Å². The van der Waals surface area contributed by atoms with Crippen LogP contribution >= 0.6 is 0 Å². The highest BCUT2D eigenvalue weighted by Gasteiger charge is 2.35. The fourth-order valence-corrected chi connectivity index (χ4v) is 2.70. The molecule has 3 heterocycles. The minimum Gasteiger partial charge on any atom is -0.465 e. The number of hydroxylamine groups is 2. The lowest BCUT2D eigenvalue weighted by atomic mass is 10.1. The lowest BCUT2D eigenvalue weighted by Gasteiger charge is -2.24. The average molecular weight is 296 g/mol. The molecule has 9 nitrogen and oxygen atoms in total. The lowest BCUT2D eigenvalue weighted by molar-refractivity contribution is -0.159. The summed E-state index contributed by atoms with van der Waals surface area (Å²) in [6.45, 7) is 0.525. The van der Waals surface area contributed by atoms with Crippen LogP contribution in [0.2, 0.25) is 0 Å². The highest BCUT2D eigenvalue weighted by atomic mass is 16.7. The monoisotopic (exact) mass is 296 g/mol. The van der Waals surface area contributed by atoms with E-state index in [1.165, 1.54) is 16.6 Å². The third-order valence-electron chi connectivity index (χ3n) is 3.75. The first kappa shape index (κ1) is 13.8. The van der Waals surface area contributed by atoms with Gasteiger partial charge < -0.3 is 15.1 Å². The summed E-state index contributed by atoms with van der Waals surface area (Å²) in [4.78, 5) is 30.1. The van der Waals surface area contributed by atoms with E-state index in [4.69, 9.17) is 9.94 Å². The molecule has 2 N–H and O–H groups in total. The summed E-state index contributed by atoms with van der Waals surface area (Å²) >= 11 is 0. The number of rotatable bonds is 1. The topological polar surface area (TPSA) is 108 Å². The van der Waals surface area contributed by atoms with Crippen LogP contribution in [0.4, 0.5) is 4.79 Å². The Labute approximate surface area is 120 Å². The number of aromatic nitrogens is 2. The minimum absolute atomic E-state index is 0.142. The van der Waals surface area contributed by atoms with E-state index >= 15 is 0 Å². The van der Waals surface area contributed by atoms with Crippen molar-refractivity contribution in [2.75, 3.05) is 20.2 Å². The third kappa shape index (κ3) is 2.24. The van der Waals surface area contributed by atoms with Gasteiger partial charge in [0.25, 0.3) is 5.91 Å². The molecule has 1 aromatic rings. The molecule has 0 aromatic carbocycles. The Morgan fingerprint density at radius 1 is 1.52 bits per heavy atom. The molecule has 2 aliphatic heterocycles. The zero-order chi connectivity index (χ0) is 15.1. The van der Waals surface area contributed by atoms with E-state index in [9.17, 15) is 14.7 Å². The van der Waals surface area contributed by atoms with Gasteiger partial charge in [-0.15, -0.1) is 0 Å². The van der Waals surface area contributed by atoms with Crippen LogP contribution < -0.4 is 0 Å². The number of hydrogen-bond acceptors (Lipinski definition) is 5. The summed E-state index contributed by atoms with van der Waals surface area (Å²) in [7, 11) is 1.47. The minimum atomic E-state index is -1.01. The molecule has 2 aliphatic rings. The van der Waals surface area contributed by atoms with Crippen LogP contribution in [0.5, 0.6) is 0 Å². The summed E-state index contributed by atoms with van der Waals surface area (Å²) in [5.74, 6) is -0.382. The van der Waals surface area contributed by atoms with Gasteiger partial charge in [-0.2, -0.15) is 5.10 Å². The molecule has 0 saturated heterocycles. The summed E-state index contributed by atoms with van der Waals surface area (Å²) in [5, 5.41) is 23.8. The second kappa shape index (κ2) is 5.01. The number of fused-ring (bicyclic) bond motifs is 3. The fourth-order valence-electron chi connectivity index (χ4n) is 2.70. The largest absolute Gasteiger partial charge is 0.465 e. The quantitative estimate of drug-likeness (QED) is 0.709. The predicted octanol–water partition coefficient (Wildman–Crippen LogP) is -0.703. The van der Waals surface area contributed by atoms with E-state index in [2.05, 4.69) is 5.10 Å². The predicted molar refractivity (Wildman–Crippen MR) is 68.4 cm³/mol. The van der Waals surface area contributed by atoms with Crippen molar-refractivity contribution < 1.29 is 24.6 Å². The van der Waals surface area contributed by atoms with Gasteiger partial charge in [0, 0.05) is 25.6 Å². The smallest absolute Gasteiger partial charge is 0.407 e. The zero-order valence-corrected chi connectivity index (χ0v) is 11.5. The second-order valence-electron chi connectivity index (χ2n) is 5.12. The number of amides is 2. The van der Waals surface area contributed by atoms with Gasteiger partial charge in [0.2, 0.25) is 0 Å². The second-order valence-corrected chi connectivity index (χ2v) is 5.12. The number of aliphatic hydroxyl groups excluding tert-OH is 1. The van der Waals surface area contributed by atoms with E-state index in [1.54, 1.807) is 0 Å². The van der Waals surface area contributed by atoms with Gasteiger partial charge in [-0.25, -0.2) is 9.86 Å². The molecule has 0 bridgehead atoms. The van der Waals surface area contributed by atoms with Crippen molar-refractivity contribution in [3.63, 3.8) is 0 Å². The van der Waals surface area contributed by atoms with Crippen molar-refractivity contribution >= 4 is 12.0 Å². The van der Waals surface area contributed by atoms with Crippen LogP contribution in [-0.4, -0.2) is 68.3 Å². The molecule has 0 spiro atoms. The summed E-state index contributed by atoms with van der Waals surface area (Å²) in [6, 6.07) is 0. The average Bonchev–Trinajstić information content (AvgIpc) is 2.76. The van der Waals surface area contributed by atoms with Crippen molar-refractivity contribution in [1.29, 1.82) is 0 Å². The van der Waals surface area contributed by atoms with Crippen LogP contribution in [0.25, 0.3) is 0 Å². The third-order valence-corrected chi connectivity index (χ3v) is 3.75. The van der Waals surface area contributed by atoms with Crippen LogP contribution in [0.1, 0.15) is 21.7 Å². The highest BCUT2D eigenvalue weighted by molar-refractivity contribution is 5.93. The normalized spacial score (nSPS) is 21.8. The van der Waals surface area contributed by atoms with Crippen LogP contribution in [0.15, 0.2) is 0 Å². The Balaban J connectivity index is 2.03. The van der Waals surface area contributed by atoms with E-state index < -0.39 is 12.2 Å². The van der Waals surface area contributed by atoms with Crippen molar-refractivity contribution in [3.05, 3.63) is 17.0 Å². The number of carboxylic acid groups (broad SMARTS) is 1. The molecular formula is C12H16N4O5. The molecule has 9 heteroatoms. The van der Waals surface area contributed by atoms with Gasteiger partial charge in [0.1, 0.15) is 11.8 Å². The number of aliphatic hydroxyl groups is 1. The van der Waals surface area contributed by atoms with Gasteiger partial charge >= 0.3 is 6.09 Å². The van der Waals surface area contributed by atoms with E-state index in [1.807, 2.05) is 0 Å². The maximum atomic E-state index is 12.4. The first-order valence-corrected chi connectivity index (χ1v) is 6.63. The molecule has 21 heavy (non-hydrogen) atoms. The molecule has 0 aliphatic carbocycles. The Morgan fingerprint density at radius 3 is 2.95 bits per heavy atom. The van der Waals surface area contributed by atoms with E-state index in [0.29, 0.717) is 24.2 Å². The molecule has 114 valence electrons. The Kier molecular flexibility index (Phi) is 3.30. The summed E-state index contributed by atoms with van der Waals surface area (Å²) in [5.41, 5.74) is 1.71. The van der Waals surface area contributed by atoms with E-state index in [0.717, 1.165) is 10.8 Å². The number of nitrogens with zero attached hydrogens (tertiary/aromatic N) is 4. The van der Waals surface area contributed by atoms with Crippen molar-refractivity contribution in [1.82, 2.24) is 19.7 Å². The maximum Gasteiger partial charge on any atom is 0.407 e. The molecule has 0 saturated carbocycles. The van der Waals surface area contributed by atoms with E-state index in [-0.39, 0.29) is 25.6 Å². The number of hydrogen-bond donors (Lipinski definition) is 2. The Bertz CT molecular complexity index is 599. The summed E-state index contributed by atoms with van der Waals surface area (Å²) in [6.07, 6.45) is -1.10. The number of carbonyl (C=O) groups excluding carboxylic acids is 1. The zero-order valence-electron chi connectivity index (χ0n) is 11.5. The SMILES string of the molecule is CN1OC(CO)Cn2nc3c(c2C1=O)CN(C(=O)O)CC3. The molecule has 1 atom stereocenters. The first-order chi connectivity index (χ1) is 10.0. The Morgan fingerprint density at radius 2 is 2.29 bits per heavy atom. The van der Waals surface area contributed by atoms with Gasteiger partial charge in [-0.05, 0) is 0 Å². The van der Waals surface area contributed by atoms with Crippen molar-refractivity contribution in [2.24, 2.45) is 0 Å².